The summed E-state index contributed by atoms with van der Waals surface area (Å²) in [5, 5.41) is 6.74. The van der Waals surface area contributed by atoms with Crippen LogP contribution in [-0.4, -0.2) is 40.8 Å². The highest BCUT2D eigenvalue weighted by Gasteiger charge is 2.31. The first-order chi connectivity index (χ1) is 9.83. The normalized spacial score (nSPS) is 20.3. The van der Waals surface area contributed by atoms with Crippen molar-refractivity contribution in [3.05, 3.63) is 0 Å². The van der Waals surface area contributed by atoms with Crippen LogP contribution < -0.4 is 10.6 Å². The van der Waals surface area contributed by atoms with E-state index in [-0.39, 0.29) is 4.75 Å². The van der Waals surface area contributed by atoms with Crippen molar-refractivity contribution in [3.63, 3.8) is 0 Å². The molecule has 0 aromatic rings. The van der Waals surface area contributed by atoms with Gasteiger partial charge < -0.3 is 10.6 Å². The van der Waals surface area contributed by atoms with Crippen molar-refractivity contribution >= 4 is 16.8 Å². The quantitative estimate of drug-likeness (QED) is 0.585. The Morgan fingerprint density at radius 1 is 1.24 bits per heavy atom. The molecular formula is C16H33N3OS. The highest BCUT2D eigenvalue weighted by Crippen LogP contribution is 2.40. The van der Waals surface area contributed by atoms with Gasteiger partial charge in [0.25, 0.3) is 0 Å². The van der Waals surface area contributed by atoms with Crippen LogP contribution in [0.2, 0.25) is 0 Å². The highest BCUT2D eigenvalue weighted by molar-refractivity contribution is 7.86. The second-order valence-corrected chi connectivity index (χ2v) is 9.40. The monoisotopic (exact) mass is 315 g/mol. The maximum Gasteiger partial charge on any atom is 0.191 e. The summed E-state index contributed by atoms with van der Waals surface area (Å²) in [5.74, 6) is 1.49. The van der Waals surface area contributed by atoms with Gasteiger partial charge in [0.15, 0.2) is 5.96 Å². The molecule has 0 spiro atoms. The zero-order valence-electron chi connectivity index (χ0n) is 14.4. The van der Waals surface area contributed by atoms with Crippen LogP contribution >= 0.6 is 0 Å². The first kappa shape index (κ1) is 18.5. The Morgan fingerprint density at radius 3 is 2.33 bits per heavy atom. The number of nitrogens with one attached hydrogen (secondary N) is 2. The van der Waals surface area contributed by atoms with Crippen LogP contribution in [-0.2, 0) is 10.8 Å². The third-order valence-corrected chi connectivity index (χ3v) is 6.47. The summed E-state index contributed by atoms with van der Waals surface area (Å²) in [6.07, 6.45) is 6.58. The van der Waals surface area contributed by atoms with E-state index in [0.717, 1.165) is 12.5 Å². The molecule has 0 aromatic carbocycles. The average Bonchev–Trinajstić information content (AvgIpc) is 2.90. The van der Waals surface area contributed by atoms with Crippen molar-refractivity contribution in [2.75, 3.05) is 25.9 Å². The molecule has 1 aliphatic carbocycles. The second kappa shape index (κ2) is 8.16. The maximum absolute atomic E-state index is 12.0. The largest absolute Gasteiger partial charge is 0.356 e. The molecule has 1 rings (SSSR count). The number of hydrogen-bond acceptors (Lipinski definition) is 2. The number of rotatable bonds is 6. The fourth-order valence-corrected chi connectivity index (χ4v) is 3.74. The first-order valence-electron chi connectivity index (χ1n) is 8.16. The lowest BCUT2D eigenvalue weighted by molar-refractivity contribution is 0.283. The topological polar surface area (TPSA) is 53.5 Å². The molecular weight excluding hydrogens is 282 g/mol. The number of aliphatic imine (C=N–C) groups is 1. The van der Waals surface area contributed by atoms with Gasteiger partial charge in [-0.15, -0.1) is 0 Å². The summed E-state index contributed by atoms with van der Waals surface area (Å²) in [4.78, 5) is 4.27. The summed E-state index contributed by atoms with van der Waals surface area (Å²) < 4.78 is 11.9. The third-order valence-electron chi connectivity index (χ3n) is 4.53. The van der Waals surface area contributed by atoms with Crippen molar-refractivity contribution in [1.29, 1.82) is 0 Å². The van der Waals surface area contributed by atoms with E-state index in [1.54, 1.807) is 7.05 Å². The zero-order valence-corrected chi connectivity index (χ0v) is 15.2. The van der Waals surface area contributed by atoms with Gasteiger partial charge in [0.1, 0.15) is 0 Å². The van der Waals surface area contributed by atoms with Gasteiger partial charge in [0.2, 0.25) is 0 Å². The van der Waals surface area contributed by atoms with Crippen LogP contribution in [0.25, 0.3) is 0 Å². The van der Waals surface area contributed by atoms with Gasteiger partial charge in [-0.2, -0.15) is 0 Å². The highest BCUT2D eigenvalue weighted by atomic mass is 32.2. The summed E-state index contributed by atoms with van der Waals surface area (Å²) in [6.45, 7) is 10.0. The molecule has 0 heterocycles. The molecule has 1 saturated carbocycles. The van der Waals surface area contributed by atoms with Crippen LogP contribution in [0.5, 0.6) is 0 Å². The SMILES string of the molecule is CCC1(CNC(=NC)NCCS(=O)C(C)(C)C)CCCC1. The molecule has 1 unspecified atom stereocenters. The molecule has 0 saturated heterocycles. The van der Waals surface area contributed by atoms with Crippen LogP contribution in [0.15, 0.2) is 4.99 Å². The van der Waals surface area contributed by atoms with Crippen LogP contribution in [0.3, 0.4) is 0 Å². The van der Waals surface area contributed by atoms with E-state index in [2.05, 4.69) is 22.5 Å². The minimum absolute atomic E-state index is 0.144. The van der Waals surface area contributed by atoms with Gasteiger partial charge in [-0.1, -0.05) is 19.8 Å². The van der Waals surface area contributed by atoms with E-state index in [4.69, 9.17) is 0 Å². The van der Waals surface area contributed by atoms with Crippen molar-refractivity contribution in [2.24, 2.45) is 10.4 Å². The Hall–Kier alpha value is -0.580. The van der Waals surface area contributed by atoms with E-state index >= 15 is 0 Å². The van der Waals surface area contributed by atoms with Gasteiger partial charge in [-0.05, 0) is 45.4 Å². The van der Waals surface area contributed by atoms with E-state index < -0.39 is 10.8 Å². The first-order valence-corrected chi connectivity index (χ1v) is 9.48. The molecule has 2 N–H and O–H groups in total. The minimum atomic E-state index is -0.817. The lowest BCUT2D eigenvalue weighted by atomic mass is 9.83. The number of nitrogens with zero attached hydrogens (tertiary/aromatic N) is 1. The van der Waals surface area contributed by atoms with E-state index in [1.807, 2.05) is 20.8 Å². The maximum atomic E-state index is 12.0. The zero-order chi connectivity index (χ0) is 15.9. The molecule has 1 fully saturated rings. The van der Waals surface area contributed by atoms with E-state index in [9.17, 15) is 4.21 Å². The van der Waals surface area contributed by atoms with Crippen molar-refractivity contribution in [2.45, 2.75) is 64.5 Å². The molecule has 0 amide bonds. The lowest BCUT2D eigenvalue weighted by Gasteiger charge is -2.28. The van der Waals surface area contributed by atoms with Crippen molar-refractivity contribution in [3.8, 4) is 0 Å². The predicted octanol–water partition coefficient (Wildman–Crippen LogP) is 2.67. The third kappa shape index (κ3) is 5.97. The van der Waals surface area contributed by atoms with E-state index in [0.29, 0.717) is 17.7 Å². The smallest absolute Gasteiger partial charge is 0.191 e. The standard InChI is InChI=1S/C16H33N3OS/c1-6-16(9-7-8-10-16)13-19-14(17-5)18-11-12-21(20)15(2,3)4/h6-13H2,1-5H3,(H2,17,18,19). The molecule has 124 valence electrons. The summed E-state index contributed by atoms with van der Waals surface area (Å²) >= 11 is 0. The molecule has 5 heteroatoms. The molecule has 4 nitrogen and oxygen atoms in total. The molecule has 1 aliphatic rings. The summed E-state index contributed by atoms with van der Waals surface area (Å²) in [6, 6.07) is 0. The fourth-order valence-electron chi connectivity index (χ4n) is 2.84. The van der Waals surface area contributed by atoms with Crippen LogP contribution in [0, 0.1) is 5.41 Å². The predicted molar refractivity (Wildman–Crippen MR) is 93.3 cm³/mol. The number of hydrogen-bond donors (Lipinski definition) is 2. The Morgan fingerprint density at radius 2 is 1.86 bits per heavy atom. The Kier molecular flexibility index (Phi) is 7.17. The summed E-state index contributed by atoms with van der Waals surface area (Å²) in [5.41, 5.74) is 0.450. The molecule has 1 atom stereocenters. The van der Waals surface area contributed by atoms with E-state index in [1.165, 1.54) is 32.1 Å². The Bertz CT molecular complexity index is 368. The molecule has 0 aliphatic heterocycles. The van der Waals surface area contributed by atoms with Crippen LogP contribution in [0.1, 0.15) is 59.8 Å². The van der Waals surface area contributed by atoms with Gasteiger partial charge in [-0.25, -0.2) is 0 Å². The van der Waals surface area contributed by atoms with Gasteiger partial charge in [0, 0.05) is 41.4 Å². The van der Waals surface area contributed by atoms with Gasteiger partial charge >= 0.3 is 0 Å². The van der Waals surface area contributed by atoms with Gasteiger partial charge in [0.05, 0.1) is 0 Å². The average molecular weight is 316 g/mol. The molecule has 0 bridgehead atoms. The Balaban J connectivity index is 2.34. The lowest BCUT2D eigenvalue weighted by Crippen LogP contribution is -2.44. The fraction of sp³-hybridized carbons (Fsp3) is 0.938. The Labute approximate surface area is 133 Å². The molecule has 0 radical (unpaired) electrons. The van der Waals surface area contributed by atoms with Gasteiger partial charge in [-0.3, -0.25) is 9.20 Å². The second-order valence-electron chi connectivity index (χ2n) is 7.08. The number of guanidine groups is 1. The summed E-state index contributed by atoms with van der Waals surface area (Å²) in [7, 11) is 0.978. The van der Waals surface area contributed by atoms with Crippen LogP contribution in [0.4, 0.5) is 0 Å². The van der Waals surface area contributed by atoms with Crippen molar-refractivity contribution in [1.82, 2.24) is 10.6 Å². The molecule has 21 heavy (non-hydrogen) atoms. The molecule has 0 aromatic heterocycles. The van der Waals surface area contributed by atoms with Crippen molar-refractivity contribution < 1.29 is 4.21 Å². The minimum Gasteiger partial charge on any atom is -0.356 e.